The van der Waals surface area contributed by atoms with Crippen LogP contribution >= 0.6 is 11.6 Å². The lowest BCUT2D eigenvalue weighted by Crippen LogP contribution is -2.30. The molecule has 1 N–H and O–H groups in total. The quantitative estimate of drug-likeness (QED) is 0.839. The van der Waals surface area contributed by atoms with E-state index in [0.717, 1.165) is 25.9 Å². The topological polar surface area (TPSA) is 84.4 Å². The molecule has 1 aromatic carbocycles. The Labute approximate surface area is 159 Å². The number of benzene rings is 1. The SMILES string of the molecule is CS(=O)NC(=O)c1ccc(Oc2cnc(N3CCCCC3)nc2)c(Cl)c1. The van der Waals surface area contributed by atoms with Gasteiger partial charge < -0.3 is 9.64 Å². The molecule has 26 heavy (non-hydrogen) atoms. The average Bonchev–Trinajstić information content (AvgIpc) is 2.64. The van der Waals surface area contributed by atoms with E-state index in [1.54, 1.807) is 24.5 Å². The maximum atomic E-state index is 11.8. The van der Waals surface area contributed by atoms with E-state index >= 15 is 0 Å². The second-order valence-electron chi connectivity index (χ2n) is 5.90. The average molecular weight is 395 g/mol. The Bertz CT molecular complexity index is 810. The van der Waals surface area contributed by atoms with Crippen molar-refractivity contribution < 1.29 is 13.7 Å². The molecule has 9 heteroatoms. The molecule has 1 saturated heterocycles. The molecule has 1 amide bonds. The lowest BCUT2D eigenvalue weighted by molar-refractivity contribution is 0.0983. The molecule has 1 aliphatic rings. The largest absolute Gasteiger partial charge is 0.453 e. The van der Waals surface area contributed by atoms with Gasteiger partial charge in [-0.1, -0.05) is 11.6 Å². The highest BCUT2D eigenvalue weighted by Gasteiger charge is 2.14. The van der Waals surface area contributed by atoms with Crippen LogP contribution in [0.2, 0.25) is 5.02 Å². The van der Waals surface area contributed by atoms with Crippen molar-refractivity contribution in [3.8, 4) is 11.5 Å². The Balaban J connectivity index is 1.68. The van der Waals surface area contributed by atoms with E-state index < -0.39 is 16.9 Å². The van der Waals surface area contributed by atoms with Crippen molar-refractivity contribution in [1.82, 2.24) is 14.7 Å². The number of halogens is 1. The molecular weight excluding hydrogens is 376 g/mol. The van der Waals surface area contributed by atoms with Crippen molar-refractivity contribution >= 4 is 34.4 Å². The first-order valence-electron chi connectivity index (χ1n) is 8.22. The first-order valence-corrected chi connectivity index (χ1v) is 10.2. The Morgan fingerprint density at radius 1 is 1.23 bits per heavy atom. The van der Waals surface area contributed by atoms with Crippen LogP contribution in [0.4, 0.5) is 5.95 Å². The van der Waals surface area contributed by atoms with E-state index in [-0.39, 0.29) is 5.02 Å². The molecule has 1 atom stereocenters. The molecule has 1 aromatic heterocycles. The van der Waals surface area contributed by atoms with Crippen LogP contribution in [0.25, 0.3) is 0 Å². The van der Waals surface area contributed by atoms with E-state index in [1.165, 1.54) is 18.7 Å². The molecule has 1 unspecified atom stereocenters. The number of anilines is 1. The Hall–Kier alpha value is -2.19. The number of hydrogen-bond acceptors (Lipinski definition) is 6. The zero-order chi connectivity index (χ0) is 18.5. The van der Waals surface area contributed by atoms with Crippen LogP contribution < -0.4 is 14.4 Å². The lowest BCUT2D eigenvalue weighted by Gasteiger charge is -2.26. The van der Waals surface area contributed by atoms with Gasteiger partial charge in [0.2, 0.25) is 5.95 Å². The van der Waals surface area contributed by atoms with Crippen molar-refractivity contribution in [2.75, 3.05) is 24.2 Å². The normalized spacial score (nSPS) is 15.4. The van der Waals surface area contributed by atoms with Crippen LogP contribution in [0, 0.1) is 0 Å². The molecule has 0 saturated carbocycles. The molecule has 7 nitrogen and oxygen atoms in total. The van der Waals surface area contributed by atoms with Crippen molar-refractivity contribution in [2.24, 2.45) is 0 Å². The summed E-state index contributed by atoms with van der Waals surface area (Å²) >= 11 is 6.18. The fraction of sp³-hybridized carbons (Fsp3) is 0.353. The molecule has 2 aromatic rings. The van der Waals surface area contributed by atoms with Crippen molar-refractivity contribution in [3.63, 3.8) is 0 Å². The molecule has 0 radical (unpaired) electrons. The fourth-order valence-electron chi connectivity index (χ4n) is 2.66. The number of rotatable bonds is 5. The number of carbonyl (C=O) groups excluding carboxylic acids is 1. The zero-order valence-corrected chi connectivity index (χ0v) is 15.8. The minimum Gasteiger partial charge on any atom is -0.453 e. The summed E-state index contributed by atoms with van der Waals surface area (Å²) in [5.41, 5.74) is 0.300. The standard InChI is InChI=1S/C17H19ClN4O3S/c1-26(24)21-16(23)12-5-6-15(14(18)9-12)25-13-10-19-17(20-11-13)22-7-3-2-4-8-22/h5-6,9-11H,2-4,7-8H2,1H3,(H,21,23). The van der Waals surface area contributed by atoms with Gasteiger partial charge in [0.05, 0.1) is 17.4 Å². The van der Waals surface area contributed by atoms with Crippen LogP contribution in [0.1, 0.15) is 29.6 Å². The summed E-state index contributed by atoms with van der Waals surface area (Å²) in [6, 6.07) is 4.59. The Kier molecular flexibility index (Phi) is 6.05. The maximum Gasteiger partial charge on any atom is 0.262 e. The predicted molar refractivity (Wildman–Crippen MR) is 101 cm³/mol. The number of amides is 1. The fourth-order valence-corrected chi connectivity index (χ4v) is 3.26. The summed E-state index contributed by atoms with van der Waals surface area (Å²) in [6.45, 7) is 1.94. The molecule has 138 valence electrons. The van der Waals surface area contributed by atoms with Crippen molar-refractivity contribution in [3.05, 3.63) is 41.2 Å². The third-order valence-electron chi connectivity index (χ3n) is 3.91. The van der Waals surface area contributed by atoms with Gasteiger partial charge in [-0.3, -0.25) is 9.52 Å². The van der Waals surface area contributed by atoms with Crippen LogP contribution in [0.3, 0.4) is 0 Å². The van der Waals surface area contributed by atoms with Gasteiger partial charge in [-0.2, -0.15) is 0 Å². The molecule has 2 heterocycles. The highest BCUT2D eigenvalue weighted by molar-refractivity contribution is 7.82. The van der Waals surface area contributed by atoms with Crippen LogP contribution in [-0.2, 0) is 11.0 Å². The number of nitrogens with one attached hydrogen (secondary N) is 1. The smallest absolute Gasteiger partial charge is 0.262 e. The Morgan fingerprint density at radius 2 is 1.92 bits per heavy atom. The maximum absolute atomic E-state index is 11.8. The van der Waals surface area contributed by atoms with Gasteiger partial charge in [0.15, 0.2) is 5.75 Å². The highest BCUT2D eigenvalue weighted by atomic mass is 35.5. The van der Waals surface area contributed by atoms with Gasteiger partial charge in [0.25, 0.3) is 5.91 Å². The molecular formula is C17H19ClN4O3S. The van der Waals surface area contributed by atoms with Crippen LogP contribution in [0.5, 0.6) is 11.5 Å². The predicted octanol–water partition coefficient (Wildman–Crippen LogP) is 2.94. The van der Waals surface area contributed by atoms with Gasteiger partial charge in [-0.05, 0) is 37.5 Å². The van der Waals surface area contributed by atoms with Gasteiger partial charge in [-0.25, -0.2) is 14.2 Å². The minimum absolute atomic E-state index is 0.264. The third-order valence-corrected chi connectivity index (χ3v) is 4.68. The molecule has 0 aliphatic carbocycles. The van der Waals surface area contributed by atoms with E-state index in [9.17, 15) is 9.00 Å². The van der Waals surface area contributed by atoms with Gasteiger partial charge in [-0.15, -0.1) is 0 Å². The molecule has 0 bridgehead atoms. The summed E-state index contributed by atoms with van der Waals surface area (Å²) in [5, 5.41) is 0.264. The van der Waals surface area contributed by atoms with Crippen molar-refractivity contribution in [1.29, 1.82) is 0 Å². The zero-order valence-electron chi connectivity index (χ0n) is 14.3. The second kappa shape index (κ2) is 8.46. The number of carbonyl (C=O) groups is 1. The van der Waals surface area contributed by atoms with Gasteiger partial charge in [0.1, 0.15) is 16.7 Å². The summed E-state index contributed by atoms with van der Waals surface area (Å²) in [5.74, 6) is 1.07. The third kappa shape index (κ3) is 4.70. The van der Waals surface area contributed by atoms with E-state index in [1.807, 2.05) is 0 Å². The number of nitrogens with zero attached hydrogens (tertiary/aromatic N) is 3. The first kappa shape index (κ1) is 18.6. The molecule has 3 rings (SSSR count). The summed E-state index contributed by atoms with van der Waals surface area (Å²) < 4.78 is 19.1. The number of piperidine rings is 1. The summed E-state index contributed by atoms with van der Waals surface area (Å²) in [6.07, 6.45) is 8.15. The van der Waals surface area contributed by atoms with E-state index in [2.05, 4.69) is 19.6 Å². The minimum atomic E-state index is -1.44. The summed E-state index contributed by atoms with van der Waals surface area (Å²) in [4.78, 5) is 22.7. The second-order valence-corrected chi connectivity index (χ2v) is 7.42. The van der Waals surface area contributed by atoms with Crippen LogP contribution in [-0.4, -0.2) is 39.4 Å². The van der Waals surface area contributed by atoms with Gasteiger partial charge >= 0.3 is 0 Å². The van der Waals surface area contributed by atoms with Crippen LogP contribution in [0.15, 0.2) is 30.6 Å². The molecule has 1 aliphatic heterocycles. The Morgan fingerprint density at radius 3 is 2.54 bits per heavy atom. The number of aromatic nitrogens is 2. The molecule has 0 spiro atoms. The monoisotopic (exact) mass is 394 g/mol. The first-order chi connectivity index (χ1) is 12.5. The van der Waals surface area contributed by atoms with E-state index in [0.29, 0.717) is 23.0 Å². The summed E-state index contributed by atoms with van der Waals surface area (Å²) in [7, 11) is -1.44. The molecule has 1 fully saturated rings. The van der Waals surface area contributed by atoms with Crippen molar-refractivity contribution in [2.45, 2.75) is 19.3 Å². The highest BCUT2D eigenvalue weighted by Crippen LogP contribution is 2.30. The van der Waals surface area contributed by atoms with Gasteiger partial charge in [0, 0.05) is 24.9 Å². The van der Waals surface area contributed by atoms with E-state index in [4.69, 9.17) is 16.3 Å². The number of hydrogen-bond donors (Lipinski definition) is 1. The number of ether oxygens (including phenoxy) is 1. The lowest BCUT2D eigenvalue weighted by atomic mass is 10.1.